The van der Waals surface area contributed by atoms with Crippen molar-refractivity contribution in [3.63, 3.8) is 0 Å². The second-order valence-corrected chi connectivity index (χ2v) is 5.00. The second kappa shape index (κ2) is 4.20. The molecule has 5 heteroatoms. The van der Waals surface area contributed by atoms with Crippen molar-refractivity contribution in [2.45, 2.75) is 18.8 Å². The summed E-state index contributed by atoms with van der Waals surface area (Å²) in [7, 11) is 0. The Hall–Kier alpha value is -0.840. The fourth-order valence-corrected chi connectivity index (χ4v) is 2.36. The van der Waals surface area contributed by atoms with E-state index < -0.39 is 5.92 Å². The van der Waals surface area contributed by atoms with Crippen molar-refractivity contribution in [1.82, 2.24) is 0 Å². The maximum atomic E-state index is 13.3. The number of halogens is 3. The summed E-state index contributed by atoms with van der Waals surface area (Å²) in [5.74, 6) is -2.60. The van der Waals surface area contributed by atoms with Gasteiger partial charge in [-0.25, -0.2) is 8.78 Å². The lowest BCUT2D eigenvalue weighted by Crippen LogP contribution is -2.42. The molecule has 0 aliphatic carbocycles. The molecule has 2 N–H and O–H groups in total. The lowest BCUT2D eigenvalue weighted by Gasteiger charge is -2.34. The lowest BCUT2D eigenvalue weighted by atomic mass is 10.1. The van der Waals surface area contributed by atoms with Crippen LogP contribution in [0.1, 0.15) is 12.8 Å². The number of hydrogen-bond acceptors (Lipinski definition) is 2. The number of anilines is 2. The molecule has 1 aromatic rings. The van der Waals surface area contributed by atoms with Gasteiger partial charge in [0.1, 0.15) is 0 Å². The van der Waals surface area contributed by atoms with E-state index in [9.17, 15) is 8.78 Å². The Morgan fingerprint density at radius 1 is 1.38 bits per heavy atom. The average molecular weight is 291 g/mol. The zero-order chi connectivity index (χ0) is 11.8. The van der Waals surface area contributed by atoms with Crippen molar-refractivity contribution in [3.8, 4) is 0 Å². The quantitative estimate of drug-likeness (QED) is 0.805. The molecule has 1 aliphatic heterocycles. The van der Waals surface area contributed by atoms with Crippen LogP contribution in [0.4, 0.5) is 20.2 Å². The molecule has 0 unspecified atom stereocenters. The first-order chi connectivity index (χ1) is 7.48. The van der Waals surface area contributed by atoms with Gasteiger partial charge in [0.25, 0.3) is 5.92 Å². The molecule has 0 atom stereocenters. The van der Waals surface area contributed by atoms with Crippen molar-refractivity contribution in [3.05, 3.63) is 22.7 Å². The summed E-state index contributed by atoms with van der Waals surface area (Å²) in [4.78, 5) is 1.66. The Morgan fingerprint density at radius 2 is 2.12 bits per heavy atom. The standard InChI is InChI=1S/C11H13BrF2N2/c12-8-2-3-10(9(15)6-8)16-5-1-4-11(13,14)7-16/h2-3,6H,1,4-5,7,15H2. The second-order valence-electron chi connectivity index (χ2n) is 4.08. The molecular formula is C11H13BrF2N2. The zero-order valence-corrected chi connectivity index (χ0v) is 10.3. The van der Waals surface area contributed by atoms with E-state index >= 15 is 0 Å². The molecular weight excluding hydrogens is 278 g/mol. The van der Waals surface area contributed by atoms with Gasteiger partial charge in [-0.2, -0.15) is 0 Å². The van der Waals surface area contributed by atoms with Crippen LogP contribution < -0.4 is 10.6 Å². The van der Waals surface area contributed by atoms with Crippen molar-refractivity contribution in [1.29, 1.82) is 0 Å². The summed E-state index contributed by atoms with van der Waals surface area (Å²) in [6, 6.07) is 5.33. The number of nitrogens with two attached hydrogens (primary N) is 1. The van der Waals surface area contributed by atoms with E-state index in [1.54, 1.807) is 17.0 Å². The van der Waals surface area contributed by atoms with Gasteiger partial charge in [0, 0.05) is 17.4 Å². The van der Waals surface area contributed by atoms with Crippen molar-refractivity contribution < 1.29 is 8.78 Å². The Bertz CT molecular complexity index is 396. The van der Waals surface area contributed by atoms with Gasteiger partial charge < -0.3 is 10.6 Å². The van der Waals surface area contributed by atoms with Gasteiger partial charge in [-0.1, -0.05) is 15.9 Å². The SMILES string of the molecule is Nc1cc(Br)ccc1N1CCCC(F)(F)C1. The molecule has 1 aliphatic rings. The largest absolute Gasteiger partial charge is 0.397 e. The molecule has 0 saturated carbocycles. The van der Waals surface area contributed by atoms with Gasteiger partial charge in [0.05, 0.1) is 17.9 Å². The minimum Gasteiger partial charge on any atom is -0.397 e. The topological polar surface area (TPSA) is 29.3 Å². The molecule has 16 heavy (non-hydrogen) atoms. The van der Waals surface area contributed by atoms with E-state index in [2.05, 4.69) is 15.9 Å². The highest BCUT2D eigenvalue weighted by Crippen LogP contribution is 2.33. The van der Waals surface area contributed by atoms with Gasteiger partial charge >= 0.3 is 0 Å². The van der Waals surface area contributed by atoms with Crippen molar-refractivity contribution in [2.24, 2.45) is 0 Å². The maximum Gasteiger partial charge on any atom is 0.265 e. The Kier molecular flexibility index (Phi) is 3.06. The number of hydrogen-bond donors (Lipinski definition) is 1. The molecule has 1 fully saturated rings. The number of rotatable bonds is 1. The van der Waals surface area contributed by atoms with Crippen LogP contribution in [0.5, 0.6) is 0 Å². The van der Waals surface area contributed by atoms with Crippen LogP contribution >= 0.6 is 15.9 Å². The molecule has 2 nitrogen and oxygen atoms in total. The van der Waals surface area contributed by atoms with Crippen molar-refractivity contribution >= 4 is 27.3 Å². The molecule has 88 valence electrons. The minimum absolute atomic E-state index is 0.0278. The van der Waals surface area contributed by atoms with E-state index in [0.29, 0.717) is 24.3 Å². The fourth-order valence-electron chi connectivity index (χ4n) is 1.98. The molecule has 2 rings (SSSR count). The predicted octanol–water partition coefficient (Wildman–Crippen LogP) is 3.27. The monoisotopic (exact) mass is 290 g/mol. The van der Waals surface area contributed by atoms with Crippen LogP contribution in [0.2, 0.25) is 0 Å². The smallest absolute Gasteiger partial charge is 0.265 e. The van der Waals surface area contributed by atoms with Crippen LogP contribution in [0.15, 0.2) is 22.7 Å². The molecule has 0 aromatic heterocycles. The van der Waals surface area contributed by atoms with Gasteiger partial charge in [-0.05, 0) is 24.6 Å². The third kappa shape index (κ3) is 2.45. The molecule has 1 aromatic carbocycles. The van der Waals surface area contributed by atoms with Gasteiger partial charge in [-0.3, -0.25) is 0 Å². The third-order valence-electron chi connectivity index (χ3n) is 2.72. The van der Waals surface area contributed by atoms with E-state index in [0.717, 1.165) is 4.47 Å². The predicted molar refractivity (Wildman–Crippen MR) is 64.9 cm³/mol. The first-order valence-electron chi connectivity index (χ1n) is 5.16. The van der Waals surface area contributed by atoms with E-state index in [4.69, 9.17) is 5.73 Å². The Balaban J connectivity index is 2.23. The summed E-state index contributed by atoms with van der Waals surface area (Å²) in [5.41, 5.74) is 7.06. The fraction of sp³-hybridized carbons (Fsp3) is 0.455. The number of benzene rings is 1. The summed E-state index contributed by atoms with van der Waals surface area (Å²) in [6.07, 6.45) is 0.475. The number of alkyl halides is 2. The minimum atomic E-state index is -2.60. The molecule has 1 saturated heterocycles. The van der Waals surface area contributed by atoms with Crippen LogP contribution in [0.25, 0.3) is 0 Å². The zero-order valence-electron chi connectivity index (χ0n) is 8.72. The van der Waals surface area contributed by atoms with Crippen LogP contribution in [0, 0.1) is 0 Å². The first-order valence-corrected chi connectivity index (χ1v) is 5.95. The molecule has 1 heterocycles. The summed E-state index contributed by atoms with van der Waals surface area (Å²) in [6.45, 7) is 0.403. The van der Waals surface area contributed by atoms with Gasteiger partial charge in [0.15, 0.2) is 0 Å². The maximum absolute atomic E-state index is 13.3. The van der Waals surface area contributed by atoms with Gasteiger partial charge in [0.2, 0.25) is 0 Å². The third-order valence-corrected chi connectivity index (χ3v) is 3.22. The first kappa shape index (κ1) is 11.6. The Labute approximate surface area is 102 Å². The summed E-state index contributed by atoms with van der Waals surface area (Å²) >= 11 is 3.30. The lowest BCUT2D eigenvalue weighted by molar-refractivity contribution is -0.0116. The Morgan fingerprint density at radius 3 is 2.75 bits per heavy atom. The highest BCUT2D eigenvalue weighted by atomic mass is 79.9. The van der Waals surface area contributed by atoms with Gasteiger partial charge in [-0.15, -0.1) is 0 Å². The van der Waals surface area contributed by atoms with Crippen LogP contribution in [0.3, 0.4) is 0 Å². The highest BCUT2D eigenvalue weighted by molar-refractivity contribution is 9.10. The molecule has 0 radical (unpaired) electrons. The van der Waals surface area contributed by atoms with Crippen LogP contribution in [-0.4, -0.2) is 19.0 Å². The number of piperidine rings is 1. The highest BCUT2D eigenvalue weighted by Gasteiger charge is 2.35. The van der Waals surface area contributed by atoms with E-state index in [-0.39, 0.29) is 13.0 Å². The number of nitrogens with zero attached hydrogens (tertiary/aromatic N) is 1. The summed E-state index contributed by atoms with van der Waals surface area (Å²) < 4.78 is 27.4. The molecule has 0 amide bonds. The van der Waals surface area contributed by atoms with Crippen molar-refractivity contribution in [2.75, 3.05) is 23.7 Å². The molecule has 0 bridgehead atoms. The number of nitrogen functional groups attached to an aromatic ring is 1. The van der Waals surface area contributed by atoms with E-state index in [1.807, 2.05) is 6.07 Å². The van der Waals surface area contributed by atoms with Crippen LogP contribution in [-0.2, 0) is 0 Å². The molecule has 0 spiro atoms. The normalized spacial score (nSPS) is 19.8. The average Bonchev–Trinajstić information content (AvgIpc) is 2.15. The summed E-state index contributed by atoms with van der Waals surface area (Å²) in [5, 5.41) is 0. The van der Waals surface area contributed by atoms with E-state index in [1.165, 1.54) is 0 Å².